The van der Waals surface area contributed by atoms with Crippen molar-refractivity contribution in [1.82, 2.24) is 9.62 Å². The summed E-state index contributed by atoms with van der Waals surface area (Å²) in [6.07, 6.45) is 2.95. The van der Waals surface area contributed by atoms with Crippen LogP contribution in [0.4, 0.5) is 0 Å². The summed E-state index contributed by atoms with van der Waals surface area (Å²) in [4.78, 5) is 13.1. The van der Waals surface area contributed by atoms with Gasteiger partial charge >= 0.3 is 0 Å². The first-order chi connectivity index (χ1) is 11.4. The van der Waals surface area contributed by atoms with Crippen LogP contribution in [-0.4, -0.2) is 38.3 Å². The molecule has 3 N–H and O–H groups in total. The molecule has 0 spiro atoms. The van der Waals surface area contributed by atoms with E-state index in [0.717, 1.165) is 24.1 Å². The van der Waals surface area contributed by atoms with Gasteiger partial charge in [0.05, 0.1) is 6.54 Å². The molecule has 0 aliphatic heterocycles. The predicted octanol–water partition coefficient (Wildman–Crippen LogP) is 1.77. The average molecular weight is 374 g/mol. The molecule has 136 valence electrons. The third-order valence-electron chi connectivity index (χ3n) is 4.67. The lowest BCUT2D eigenvalue weighted by Crippen LogP contribution is -2.34. The van der Waals surface area contributed by atoms with Crippen LogP contribution >= 0.6 is 11.3 Å². The summed E-state index contributed by atoms with van der Waals surface area (Å²) in [7, 11) is -3.42. The summed E-state index contributed by atoms with van der Waals surface area (Å²) in [6, 6.07) is 3.40. The fourth-order valence-corrected chi connectivity index (χ4v) is 6.16. The van der Waals surface area contributed by atoms with E-state index < -0.39 is 10.0 Å². The second kappa shape index (κ2) is 8.42. The minimum absolute atomic E-state index is 0.00570. The van der Waals surface area contributed by atoms with Crippen LogP contribution in [0.3, 0.4) is 0 Å². The van der Waals surface area contributed by atoms with E-state index >= 15 is 0 Å². The van der Waals surface area contributed by atoms with Gasteiger partial charge in [0.1, 0.15) is 4.21 Å². The van der Waals surface area contributed by atoms with Crippen molar-refractivity contribution in [3.8, 4) is 0 Å². The number of carbonyl (C=O) groups excluding carboxylic acids is 1. The Morgan fingerprint density at radius 1 is 1.33 bits per heavy atom. The van der Waals surface area contributed by atoms with Crippen LogP contribution in [0, 0.1) is 11.8 Å². The molecule has 0 aromatic carbocycles. The molecule has 0 saturated heterocycles. The van der Waals surface area contributed by atoms with Gasteiger partial charge in [-0.15, -0.1) is 11.3 Å². The monoisotopic (exact) mass is 373 g/mol. The highest BCUT2D eigenvalue weighted by molar-refractivity contribution is 7.91. The predicted molar refractivity (Wildman–Crippen MR) is 96.2 cm³/mol. The van der Waals surface area contributed by atoms with Gasteiger partial charge in [-0.1, -0.05) is 20.3 Å². The molecule has 0 bridgehead atoms. The van der Waals surface area contributed by atoms with E-state index in [9.17, 15) is 13.2 Å². The highest BCUT2D eigenvalue weighted by Gasteiger charge is 2.31. The zero-order chi connectivity index (χ0) is 17.7. The van der Waals surface area contributed by atoms with Crippen LogP contribution in [0.15, 0.2) is 16.3 Å². The van der Waals surface area contributed by atoms with Gasteiger partial charge in [0.2, 0.25) is 5.91 Å². The molecule has 2 rings (SSSR count). The molecule has 0 unspecified atom stereocenters. The molecule has 24 heavy (non-hydrogen) atoms. The first kappa shape index (κ1) is 19.4. The molecule has 1 aliphatic rings. The summed E-state index contributed by atoms with van der Waals surface area (Å²) in [5, 5.41) is 2.93. The number of sulfonamides is 1. The molecular formula is C16H27N3O3S2. The molecular weight excluding hydrogens is 346 g/mol. The number of nitrogens with zero attached hydrogens (tertiary/aromatic N) is 1. The molecule has 2 atom stereocenters. The lowest BCUT2D eigenvalue weighted by Gasteiger charge is -2.17. The molecule has 0 radical (unpaired) electrons. The second-order valence-electron chi connectivity index (χ2n) is 6.06. The first-order valence-electron chi connectivity index (χ1n) is 8.50. The Kier molecular flexibility index (Phi) is 6.79. The third-order valence-corrected chi connectivity index (χ3v) is 8.27. The number of hydrogen-bond donors (Lipinski definition) is 2. The van der Waals surface area contributed by atoms with E-state index in [0.29, 0.717) is 30.4 Å². The molecule has 1 heterocycles. The zero-order valence-corrected chi connectivity index (χ0v) is 16.0. The first-order valence-corrected chi connectivity index (χ1v) is 10.8. The summed E-state index contributed by atoms with van der Waals surface area (Å²) in [6.45, 7) is 5.46. The molecule has 1 saturated carbocycles. The van der Waals surface area contributed by atoms with Gasteiger partial charge in [-0.25, -0.2) is 8.42 Å². The fraction of sp³-hybridized carbons (Fsp3) is 0.688. The molecule has 1 fully saturated rings. The van der Waals surface area contributed by atoms with Gasteiger partial charge in [0.25, 0.3) is 10.0 Å². The minimum atomic E-state index is -3.42. The maximum atomic E-state index is 12.5. The van der Waals surface area contributed by atoms with Gasteiger partial charge in [0, 0.05) is 23.9 Å². The van der Waals surface area contributed by atoms with Crippen molar-refractivity contribution in [2.24, 2.45) is 17.6 Å². The molecule has 1 aromatic heterocycles. The number of rotatable bonds is 8. The zero-order valence-electron chi connectivity index (χ0n) is 14.3. The summed E-state index contributed by atoms with van der Waals surface area (Å²) >= 11 is 1.22. The molecule has 1 aliphatic carbocycles. The van der Waals surface area contributed by atoms with Crippen molar-refractivity contribution in [3.63, 3.8) is 0 Å². The van der Waals surface area contributed by atoms with Crippen molar-refractivity contribution < 1.29 is 13.2 Å². The smallest absolute Gasteiger partial charge is 0.252 e. The fourth-order valence-electron chi connectivity index (χ4n) is 3.25. The quantitative estimate of drug-likeness (QED) is 0.726. The SMILES string of the molecule is CCN(CC)S(=O)(=O)c1ccc(CNC(=O)[C@@H]2CCC[C@@H]2CN)s1. The summed E-state index contributed by atoms with van der Waals surface area (Å²) in [5.41, 5.74) is 5.73. The van der Waals surface area contributed by atoms with E-state index in [1.165, 1.54) is 15.6 Å². The van der Waals surface area contributed by atoms with E-state index in [-0.39, 0.29) is 17.7 Å². The number of amides is 1. The van der Waals surface area contributed by atoms with Gasteiger partial charge < -0.3 is 11.1 Å². The van der Waals surface area contributed by atoms with Gasteiger partial charge in [-0.2, -0.15) is 4.31 Å². The largest absolute Gasteiger partial charge is 0.351 e. The standard InChI is InChI=1S/C16H27N3O3S2/c1-3-19(4-2)24(21,22)15-9-8-13(23-15)11-18-16(20)14-7-5-6-12(14)10-17/h8-9,12,14H,3-7,10-11,17H2,1-2H3,(H,18,20)/t12-,14-/m1/s1. The number of hydrogen-bond acceptors (Lipinski definition) is 5. The molecule has 1 amide bonds. The van der Waals surface area contributed by atoms with Gasteiger partial charge in [0.15, 0.2) is 0 Å². The van der Waals surface area contributed by atoms with Crippen LogP contribution in [0.25, 0.3) is 0 Å². The number of carbonyl (C=O) groups is 1. The van der Waals surface area contributed by atoms with Crippen molar-refractivity contribution in [3.05, 3.63) is 17.0 Å². The highest BCUT2D eigenvalue weighted by Crippen LogP contribution is 2.31. The van der Waals surface area contributed by atoms with E-state index in [1.807, 2.05) is 13.8 Å². The van der Waals surface area contributed by atoms with Crippen LogP contribution in [-0.2, 0) is 21.4 Å². The summed E-state index contributed by atoms with van der Waals surface area (Å²) in [5.74, 6) is 0.297. The van der Waals surface area contributed by atoms with Crippen LogP contribution in [0.2, 0.25) is 0 Å². The Morgan fingerprint density at radius 3 is 2.67 bits per heavy atom. The van der Waals surface area contributed by atoms with Crippen LogP contribution < -0.4 is 11.1 Å². The lowest BCUT2D eigenvalue weighted by atomic mass is 9.95. The maximum Gasteiger partial charge on any atom is 0.252 e. The Hall–Kier alpha value is -0.960. The van der Waals surface area contributed by atoms with Crippen LogP contribution in [0.1, 0.15) is 38.0 Å². The summed E-state index contributed by atoms with van der Waals surface area (Å²) < 4.78 is 26.7. The van der Waals surface area contributed by atoms with Gasteiger partial charge in [-0.05, 0) is 37.4 Å². The van der Waals surface area contributed by atoms with Crippen LogP contribution in [0.5, 0.6) is 0 Å². The Bertz CT molecular complexity index is 653. The highest BCUT2D eigenvalue weighted by atomic mass is 32.2. The normalized spacial score (nSPS) is 21.3. The Morgan fingerprint density at radius 2 is 2.04 bits per heavy atom. The lowest BCUT2D eigenvalue weighted by molar-refractivity contribution is -0.126. The van der Waals surface area contributed by atoms with E-state index in [4.69, 9.17) is 5.73 Å². The number of nitrogens with one attached hydrogen (secondary N) is 1. The van der Waals surface area contributed by atoms with Crippen molar-refractivity contribution >= 4 is 27.3 Å². The Labute approximate surface area is 148 Å². The van der Waals surface area contributed by atoms with E-state index in [2.05, 4.69) is 5.32 Å². The topological polar surface area (TPSA) is 92.5 Å². The van der Waals surface area contributed by atoms with E-state index in [1.54, 1.807) is 12.1 Å². The third kappa shape index (κ3) is 4.17. The number of thiophene rings is 1. The molecule has 1 aromatic rings. The second-order valence-corrected chi connectivity index (χ2v) is 9.39. The minimum Gasteiger partial charge on any atom is -0.351 e. The Balaban J connectivity index is 1.98. The molecule has 8 heteroatoms. The van der Waals surface area contributed by atoms with Crippen molar-refractivity contribution in [2.45, 2.75) is 43.9 Å². The van der Waals surface area contributed by atoms with Crippen molar-refractivity contribution in [2.75, 3.05) is 19.6 Å². The number of nitrogens with two attached hydrogens (primary N) is 1. The maximum absolute atomic E-state index is 12.5. The van der Waals surface area contributed by atoms with Crippen molar-refractivity contribution in [1.29, 1.82) is 0 Å². The van der Waals surface area contributed by atoms with Gasteiger partial charge in [-0.3, -0.25) is 4.79 Å². The average Bonchev–Trinajstić information content (AvgIpc) is 3.22. The molecule has 6 nitrogen and oxygen atoms in total.